The molecule has 3 rings (SSSR count). The van der Waals surface area contributed by atoms with E-state index in [1.165, 1.54) is 0 Å². The molecule has 1 saturated heterocycles. The highest BCUT2D eigenvalue weighted by Gasteiger charge is 2.40. The number of ether oxygens (including phenoxy) is 1. The van der Waals surface area contributed by atoms with E-state index in [-0.39, 0.29) is 24.0 Å². The zero-order valence-corrected chi connectivity index (χ0v) is 13.6. The number of halogens is 1. The minimum atomic E-state index is -0.338. The number of rotatable bonds is 2. The van der Waals surface area contributed by atoms with Crippen molar-refractivity contribution in [3.8, 4) is 0 Å². The van der Waals surface area contributed by atoms with E-state index in [9.17, 15) is 9.90 Å². The van der Waals surface area contributed by atoms with Crippen molar-refractivity contribution in [1.82, 2.24) is 4.90 Å². The number of amides is 1. The Hall–Kier alpha value is -1.10. The number of hydrogen-bond acceptors (Lipinski definition) is 3. The fourth-order valence-corrected chi connectivity index (χ4v) is 3.82. The number of carbonyl (C=O) groups is 1. The Kier molecular flexibility index (Phi) is 4.71. The lowest BCUT2D eigenvalue weighted by Crippen LogP contribution is -2.53. The SMILES string of the molecule is Cc1cccc(C(=O)N2CCOC[C@@H]2[C@H]2CCC[C@H]2O)c1Cl. The Morgan fingerprint density at radius 1 is 1.41 bits per heavy atom. The molecule has 1 saturated carbocycles. The van der Waals surface area contributed by atoms with E-state index in [0.29, 0.717) is 30.3 Å². The monoisotopic (exact) mass is 323 g/mol. The van der Waals surface area contributed by atoms with Gasteiger partial charge in [0.15, 0.2) is 0 Å². The topological polar surface area (TPSA) is 49.8 Å². The van der Waals surface area contributed by atoms with Crippen LogP contribution in [0.15, 0.2) is 18.2 Å². The highest BCUT2D eigenvalue weighted by molar-refractivity contribution is 6.34. The molecule has 1 aliphatic carbocycles. The van der Waals surface area contributed by atoms with Gasteiger partial charge in [0, 0.05) is 12.5 Å². The van der Waals surface area contributed by atoms with Crippen molar-refractivity contribution in [2.24, 2.45) is 5.92 Å². The average molecular weight is 324 g/mol. The molecule has 1 heterocycles. The largest absolute Gasteiger partial charge is 0.393 e. The van der Waals surface area contributed by atoms with Crippen LogP contribution in [0.4, 0.5) is 0 Å². The van der Waals surface area contributed by atoms with Crippen molar-refractivity contribution in [3.63, 3.8) is 0 Å². The van der Waals surface area contributed by atoms with Gasteiger partial charge in [-0.15, -0.1) is 0 Å². The van der Waals surface area contributed by atoms with E-state index >= 15 is 0 Å². The fourth-order valence-electron chi connectivity index (χ4n) is 3.61. The molecule has 1 aromatic carbocycles. The van der Waals surface area contributed by atoms with Crippen LogP contribution >= 0.6 is 11.6 Å². The van der Waals surface area contributed by atoms with E-state index in [1.807, 2.05) is 24.0 Å². The summed E-state index contributed by atoms with van der Waals surface area (Å²) in [5.41, 5.74) is 1.44. The van der Waals surface area contributed by atoms with E-state index in [4.69, 9.17) is 16.3 Å². The second kappa shape index (κ2) is 6.57. The lowest BCUT2D eigenvalue weighted by Gasteiger charge is -2.40. The summed E-state index contributed by atoms with van der Waals surface area (Å²) in [6.45, 7) is 3.49. The van der Waals surface area contributed by atoms with Gasteiger partial charge in [0.25, 0.3) is 5.91 Å². The Balaban J connectivity index is 1.87. The molecule has 1 aromatic rings. The summed E-state index contributed by atoms with van der Waals surface area (Å²) in [6.07, 6.45) is 2.43. The summed E-state index contributed by atoms with van der Waals surface area (Å²) >= 11 is 6.32. The van der Waals surface area contributed by atoms with Crippen molar-refractivity contribution in [1.29, 1.82) is 0 Å². The van der Waals surface area contributed by atoms with Gasteiger partial charge in [0.1, 0.15) is 0 Å². The number of benzene rings is 1. The zero-order valence-electron chi connectivity index (χ0n) is 12.8. The first kappa shape index (κ1) is 15.8. The summed E-state index contributed by atoms with van der Waals surface area (Å²) in [7, 11) is 0. The molecule has 0 radical (unpaired) electrons. The van der Waals surface area contributed by atoms with Crippen molar-refractivity contribution < 1.29 is 14.6 Å². The standard InChI is InChI=1S/C17H22ClNO3/c1-11-4-2-6-13(16(11)18)17(21)19-8-9-22-10-14(19)12-5-3-7-15(12)20/h2,4,6,12,14-15,20H,3,5,7-10H2,1H3/t12-,14-,15-/m1/s1. The van der Waals surface area contributed by atoms with Crippen LogP contribution in [0.5, 0.6) is 0 Å². The molecular formula is C17H22ClNO3. The Morgan fingerprint density at radius 2 is 2.23 bits per heavy atom. The quantitative estimate of drug-likeness (QED) is 0.910. The molecule has 0 spiro atoms. The molecule has 4 nitrogen and oxygen atoms in total. The van der Waals surface area contributed by atoms with Crippen LogP contribution in [0.3, 0.4) is 0 Å². The Labute approximate surface area is 136 Å². The van der Waals surface area contributed by atoms with Gasteiger partial charge in [0.05, 0.1) is 35.9 Å². The Morgan fingerprint density at radius 3 is 2.95 bits per heavy atom. The van der Waals surface area contributed by atoms with Crippen LogP contribution in [-0.2, 0) is 4.74 Å². The highest BCUT2D eigenvalue weighted by atomic mass is 35.5. The lowest BCUT2D eigenvalue weighted by atomic mass is 9.93. The average Bonchev–Trinajstić information content (AvgIpc) is 2.95. The van der Waals surface area contributed by atoms with Crippen molar-refractivity contribution in [2.45, 2.75) is 38.3 Å². The van der Waals surface area contributed by atoms with Gasteiger partial charge in [-0.2, -0.15) is 0 Å². The number of aryl methyl sites for hydroxylation is 1. The first-order valence-electron chi connectivity index (χ1n) is 7.91. The number of morpholine rings is 1. The third kappa shape index (κ3) is 2.87. The first-order valence-corrected chi connectivity index (χ1v) is 8.29. The van der Waals surface area contributed by atoms with E-state index < -0.39 is 0 Å². The van der Waals surface area contributed by atoms with Crippen LogP contribution in [-0.4, -0.2) is 47.8 Å². The smallest absolute Gasteiger partial charge is 0.255 e. The second-order valence-corrected chi connectivity index (χ2v) is 6.62. The van der Waals surface area contributed by atoms with Crippen LogP contribution in [0.25, 0.3) is 0 Å². The predicted molar refractivity (Wildman–Crippen MR) is 85.2 cm³/mol. The maximum Gasteiger partial charge on any atom is 0.255 e. The first-order chi connectivity index (χ1) is 10.6. The fraction of sp³-hybridized carbons (Fsp3) is 0.588. The maximum atomic E-state index is 13.0. The van der Waals surface area contributed by atoms with E-state index in [0.717, 1.165) is 24.8 Å². The molecule has 2 aliphatic rings. The van der Waals surface area contributed by atoms with E-state index in [1.54, 1.807) is 6.07 Å². The molecule has 2 fully saturated rings. The summed E-state index contributed by atoms with van der Waals surface area (Å²) < 4.78 is 5.58. The molecule has 0 aromatic heterocycles. The van der Waals surface area contributed by atoms with Crippen LogP contribution < -0.4 is 0 Å². The minimum absolute atomic E-state index is 0.0545. The van der Waals surface area contributed by atoms with Gasteiger partial charge < -0.3 is 14.7 Å². The zero-order chi connectivity index (χ0) is 15.7. The number of aliphatic hydroxyl groups is 1. The third-order valence-corrected chi connectivity index (χ3v) is 5.38. The molecule has 1 amide bonds. The molecule has 0 unspecified atom stereocenters. The van der Waals surface area contributed by atoms with Crippen LogP contribution in [0.2, 0.25) is 5.02 Å². The Bertz CT molecular complexity index is 563. The molecule has 5 heteroatoms. The molecule has 22 heavy (non-hydrogen) atoms. The van der Waals surface area contributed by atoms with Crippen molar-refractivity contribution in [3.05, 3.63) is 34.3 Å². The second-order valence-electron chi connectivity index (χ2n) is 6.24. The minimum Gasteiger partial charge on any atom is -0.393 e. The van der Waals surface area contributed by atoms with Gasteiger partial charge in [-0.3, -0.25) is 4.79 Å². The molecular weight excluding hydrogens is 302 g/mol. The molecule has 3 atom stereocenters. The number of carbonyl (C=O) groups excluding carboxylic acids is 1. The van der Waals surface area contributed by atoms with Gasteiger partial charge in [-0.1, -0.05) is 30.2 Å². The van der Waals surface area contributed by atoms with Gasteiger partial charge in [-0.25, -0.2) is 0 Å². The maximum absolute atomic E-state index is 13.0. The summed E-state index contributed by atoms with van der Waals surface area (Å²) in [5, 5.41) is 10.7. The van der Waals surface area contributed by atoms with Crippen molar-refractivity contribution >= 4 is 17.5 Å². The van der Waals surface area contributed by atoms with Crippen molar-refractivity contribution in [2.75, 3.05) is 19.8 Å². The van der Waals surface area contributed by atoms with Crippen LogP contribution in [0, 0.1) is 12.8 Å². The normalized spacial score (nSPS) is 28.9. The lowest BCUT2D eigenvalue weighted by molar-refractivity contribution is -0.0383. The number of aliphatic hydroxyl groups excluding tert-OH is 1. The van der Waals surface area contributed by atoms with E-state index in [2.05, 4.69) is 0 Å². The molecule has 0 bridgehead atoms. The summed E-state index contributed by atoms with van der Waals surface area (Å²) in [5.74, 6) is 0.0499. The van der Waals surface area contributed by atoms with Crippen LogP contribution in [0.1, 0.15) is 35.2 Å². The third-order valence-electron chi connectivity index (χ3n) is 4.87. The van der Waals surface area contributed by atoms with Gasteiger partial charge in [0.2, 0.25) is 0 Å². The molecule has 120 valence electrons. The predicted octanol–water partition coefficient (Wildman–Crippen LogP) is 2.65. The number of nitrogens with zero attached hydrogens (tertiary/aromatic N) is 1. The summed E-state index contributed by atoms with van der Waals surface area (Å²) in [6, 6.07) is 5.47. The number of hydrogen-bond donors (Lipinski definition) is 1. The van der Waals surface area contributed by atoms with Gasteiger partial charge >= 0.3 is 0 Å². The molecule has 1 N–H and O–H groups in total. The van der Waals surface area contributed by atoms with Gasteiger partial charge in [-0.05, 0) is 31.4 Å². The molecule has 1 aliphatic heterocycles. The highest BCUT2D eigenvalue weighted by Crippen LogP contribution is 2.33. The summed E-state index contributed by atoms with van der Waals surface area (Å²) in [4.78, 5) is 14.8.